The van der Waals surface area contributed by atoms with Gasteiger partial charge in [-0.05, 0) is 30.5 Å². The number of esters is 4. The van der Waals surface area contributed by atoms with Crippen molar-refractivity contribution in [1.29, 1.82) is 10.5 Å². The van der Waals surface area contributed by atoms with Gasteiger partial charge in [0.05, 0.1) is 53.4 Å². The highest BCUT2D eigenvalue weighted by atomic mass is 16.6. The van der Waals surface area contributed by atoms with Gasteiger partial charge < -0.3 is 28.4 Å². The zero-order chi connectivity index (χ0) is 32.1. The van der Waals surface area contributed by atoms with Crippen LogP contribution < -0.4 is 4.74 Å². The maximum atomic E-state index is 14.7. The molecule has 13 heteroatoms. The normalized spacial score (nSPS) is 34.0. The van der Waals surface area contributed by atoms with Crippen LogP contribution in [0.1, 0.15) is 44.1 Å². The van der Waals surface area contributed by atoms with Crippen LogP contribution in [0, 0.1) is 44.3 Å². The van der Waals surface area contributed by atoms with E-state index >= 15 is 0 Å². The van der Waals surface area contributed by atoms with Gasteiger partial charge in [0.1, 0.15) is 16.8 Å². The number of hydrogen-bond donors (Lipinski definition) is 0. The number of carbonyl (C=O) groups excluding carboxylic acids is 4. The minimum Gasteiger partial charge on any atom is -0.497 e. The van der Waals surface area contributed by atoms with Gasteiger partial charge in [0.2, 0.25) is 0 Å². The number of methoxy groups -OCH3 is 5. The van der Waals surface area contributed by atoms with E-state index in [-0.39, 0.29) is 11.3 Å². The van der Waals surface area contributed by atoms with E-state index in [0.29, 0.717) is 18.6 Å². The molecule has 0 N–H and O–H groups in total. The molecule has 1 saturated heterocycles. The van der Waals surface area contributed by atoms with Crippen LogP contribution in [0.3, 0.4) is 0 Å². The zero-order valence-electron chi connectivity index (χ0n) is 25.1. The number of carbonyl (C=O) groups is 4. The summed E-state index contributed by atoms with van der Waals surface area (Å²) in [6.07, 6.45) is 1.09. The van der Waals surface area contributed by atoms with Crippen molar-refractivity contribution in [1.82, 2.24) is 0 Å². The van der Waals surface area contributed by atoms with Crippen molar-refractivity contribution in [2.24, 2.45) is 26.7 Å². The second-order valence-corrected chi connectivity index (χ2v) is 11.4. The van der Waals surface area contributed by atoms with Crippen molar-refractivity contribution < 1.29 is 47.6 Å². The second-order valence-electron chi connectivity index (χ2n) is 11.4. The lowest BCUT2D eigenvalue weighted by molar-refractivity contribution is -0.206. The number of aliphatic imine (C=N–C) groups is 1. The van der Waals surface area contributed by atoms with Gasteiger partial charge in [0.25, 0.3) is 0 Å². The summed E-state index contributed by atoms with van der Waals surface area (Å²) in [5.41, 5.74) is -12.4. The summed E-state index contributed by atoms with van der Waals surface area (Å²) in [5.74, 6) is -4.16. The maximum Gasteiger partial charge on any atom is 0.336 e. The Morgan fingerprint density at radius 1 is 0.841 bits per heavy atom. The fourth-order valence-electron chi connectivity index (χ4n) is 8.58. The number of nitriles is 2. The van der Waals surface area contributed by atoms with Crippen LogP contribution in [0.2, 0.25) is 0 Å². The fraction of sp³-hybridized carbons (Fsp3) is 0.581. The highest BCUT2D eigenvalue weighted by Gasteiger charge is 3.07. The molecule has 0 radical (unpaired) electrons. The summed E-state index contributed by atoms with van der Waals surface area (Å²) in [5, 5.41) is 21.7. The number of nitrogens with zero attached hydrogens (tertiary/aromatic N) is 3. The molecule has 1 aromatic rings. The Balaban J connectivity index is 2.06. The average molecular weight is 608 g/mol. The summed E-state index contributed by atoms with van der Waals surface area (Å²) in [4.78, 5) is 62.1. The van der Waals surface area contributed by atoms with E-state index in [1.807, 2.05) is 12.1 Å². The third-order valence-corrected chi connectivity index (χ3v) is 10.1. The van der Waals surface area contributed by atoms with Crippen LogP contribution >= 0.6 is 0 Å². The first-order chi connectivity index (χ1) is 21.1. The first-order valence-corrected chi connectivity index (χ1v) is 14.2. The minimum absolute atomic E-state index is 0.167. The van der Waals surface area contributed by atoms with Gasteiger partial charge in [-0.2, -0.15) is 10.5 Å². The molecule has 3 aliphatic carbocycles. The Labute approximate surface area is 254 Å². The summed E-state index contributed by atoms with van der Waals surface area (Å²) < 4.78 is 33.0. The number of hydrogen-bond acceptors (Lipinski definition) is 13. The van der Waals surface area contributed by atoms with Crippen molar-refractivity contribution in [3.8, 4) is 17.9 Å². The molecule has 44 heavy (non-hydrogen) atoms. The standard InChI is InChI=1S/C31H33N3O10/c1-39-20-13-11-18(12-14-20)28-15-27(16-32,17-33)30(25(37)42-4)23(34-19-9-7-6-8-10-19)29(24(36)41-3,21(44-28)22(35)40-2)31(28,30)26(38)43-5/h11-14,19,21H,6-10,15H2,1-5H3/t21-,28+,29+,30-,31+/m1/s1. The van der Waals surface area contributed by atoms with E-state index < -0.39 is 69.7 Å². The summed E-state index contributed by atoms with van der Waals surface area (Å²) in [6, 6.07) is 9.62. The lowest BCUT2D eigenvalue weighted by atomic mass is 9.30. The van der Waals surface area contributed by atoms with Crippen molar-refractivity contribution in [2.75, 3.05) is 35.5 Å². The third kappa shape index (κ3) is 3.12. The molecule has 0 spiro atoms. The van der Waals surface area contributed by atoms with Crippen LogP contribution in [0.5, 0.6) is 5.75 Å². The van der Waals surface area contributed by atoms with Crippen molar-refractivity contribution in [3.05, 3.63) is 29.8 Å². The molecule has 232 valence electrons. The number of benzene rings is 1. The van der Waals surface area contributed by atoms with Gasteiger partial charge in [-0.15, -0.1) is 0 Å². The highest BCUT2D eigenvalue weighted by Crippen LogP contribution is 2.89. The van der Waals surface area contributed by atoms with E-state index in [0.717, 1.165) is 47.7 Å². The van der Waals surface area contributed by atoms with Crippen LogP contribution in [0.25, 0.3) is 0 Å². The van der Waals surface area contributed by atoms with E-state index in [4.69, 9.17) is 33.4 Å². The third-order valence-electron chi connectivity index (χ3n) is 10.1. The molecule has 5 atom stereocenters. The Morgan fingerprint density at radius 3 is 1.93 bits per heavy atom. The molecule has 13 nitrogen and oxygen atoms in total. The van der Waals surface area contributed by atoms with Gasteiger partial charge in [-0.1, -0.05) is 31.4 Å². The molecule has 0 unspecified atom stereocenters. The Kier molecular flexibility index (Phi) is 7.45. The van der Waals surface area contributed by atoms with E-state index in [2.05, 4.69) is 0 Å². The monoisotopic (exact) mass is 607 g/mol. The second kappa shape index (κ2) is 10.6. The fourth-order valence-corrected chi connectivity index (χ4v) is 8.58. The maximum absolute atomic E-state index is 14.7. The molecule has 1 heterocycles. The first kappa shape index (κ1) is 31.0. The van der Waals surface area contributed by atoms with Gasteiger partial charge in [0.15, 0.2) is 22.3 Å². The molecular weight excluding hydrogens is 574 g/mol. The van der Waals surface area contributed by atoms with Gasteiger partial charge in [-0.3, -0.25) is 19.4 Å². The van der Waals surface area contributed by atoms with Crippen molar-refractivity contribution in [2.45, 2.75) is 56.3 Å². The molecule has 5 rings (SSSR count). The minimum atomic E-state index is -2.59. The lowest BCUT2D eigenvalue weighted by Gasteiger charge is -2.64. The van der Waals surface area contributed by atoms with Gasteiger partial charge >= 0.3 is 23.9 Å². The molecule has 0 amide bonds. The summed E-state index contributed by atoms with van der Waals surface area (Å²) in [7, 11) is 5.65. The smallest absolute Gasteiger partial charge is 0.336 e. The van der Waals surface area contributed by atoms with Gasteiger partial charge in [-0.25, -0.2) is 4.79 Å². The van der Waals surface area contributed by atoms with Crippen LogP contribution in [0.4, 0.5) is 0 Å². The predicted octanol–water partition coefficient (Wildman–Crippen LogP) is 2.17. The largest absolute Gasteiger partial charge is 0.497 e. The van der Waals surface area contributed by atoms with E-state index in [9.17, 15) is 29.7 Å². The molecule has 4 fully saturated rings. The summed E-state index contributed by atoms with van der Waals surface area (Å²) >= 11 is 0. The SMILES string of the molecule is COC(=O)[C@H]1O[C@]2(c3ccc(OC)cc3)CC(C#N)(C#N)[C@]3(C(=O)OC)C(=NC4CCCCC4)[C@@]1(C(=O)OC)[C@@]32C(=O)OC. The Hall–Kier alpha value is -4.49. The van der Waals surface area contributed by atoms with Crippen molar-refractivity contribution in [3.63, 3.8) is 0 Å². The number of ether oxygens (including phenoxy) is 6. The molecule has 1 aromatic carbocycles. The highest BCUT2D eigenvalue weighted by molar-refractivity contribution is 6.33. The number of rotatable bonds is 7. The molecule has 4 aliphatic rings. The molecular formula is C31H33N3O10. The average Bonchev–Trinajstić information content (AvgIpc) is 3.43. The molecule has 1 aliphatic heterocycles. The van der Waals surface area contributed by atoms with Crippen molar-refractivity contribution >= 4 is 29.6 Å². The Morgan fingerprint density at radius 2 is 1.43 bits per heavy atom. The molecule has 0 aromatic heterocycles. The molecule has 0 bridgehead atoms. The topological polar surface area (TPSA) is 184 Å². The van der Waals surface area contributed by atoms with Crippen LogP contribution in [-0.2, 0) is 48.5 Å². The van der Waals surface area contributed by atoms with E-state index in [1.165, 1.54) is 31.4 Å². The summed E-state index contributed by atoms with van der Waals surface area (Å²) in [6.45, 7) is 0. The predicted molar refractivity (Wildman–Crippen MR) is 147 cm³/mol. The quantitative estimate of drug-likeness (QED) is 0.326. The van der Waals surface area contributed by atoms with E-state index in [1.54, 1.807) is 0 Å². The Bertz CT molecular complexity index is 1510. The van der Waals surface area contributed by atoms with Gasteiger partial charge in [0, 0.05) is 12.5 Å². The first-order valence-electron chi connectivity index (χ1n) is 14.2. The zero-order valence-corrected chi connectivity index (χ0v) is 25.1. The van der Waals surface area contributed by atoms with Crippen LogP contribution in [0.15, 0.2) is 29.3 Å². The lowest BCUT2D eigenvalue weighted by Crippen LogP contribution is -2.85. The molecule has 3 saturated carbocycles. The van der Waals surface area contributed by atoms with Crippen LogP contribution in [-0.4, -0.2) is 77.3 Å².